The number of pyridine rings is 1. The monoisotopic (exact) mass is 1200 g/mol. The van der Waals surface area contributed by atoms with Crippen molar-refractivity contribution < 1.29 is 0 Å². The molecule has 0 saturated carbocycles. The van der Waals surface area contributed by atoms with Gasteiger partial charge in [0.05, 0.1) is 83.0 Å². The molecule has 9 nitrogen and oxygen atoms in total. The number of nitriles is 2. The van der Waals surface area contributed by atoms with Gasteiger partial charge in [-0.3, -0.25) is 9.13 Å². The molecule has 0 aliphatic carbocycles. The van der Waals surface area contributed by atoms with Gasteiger partial charge in [-0.15, -0.1) is 0 Å². The first-order valence-electron chi connectivity index (χ1n) is 31.6. The Morgan fingerprint density at radius 2 is 0.521 bits per heavy atom. The normalized spacial score (nSPS) is 12.0. The molecule has 0 aliphatic rings. The number of aromatic nitrogens is 7. The predicted molar refractivity (Wildman–Crippen MR) is 385 cm³/mol. The number of rotatable bonds is 7. The molecular formula is C85H49N9. The Labute approximate surface area is 536 Å². The maximum absolute atomic E-state index is 11.0. The summed E-state index contributed by atoms with van der Waals surface area (Å²) < 4.78 is 14.2. The van der Waals surface area contributed by atoms with Gasteiger partial charge >= 0.3 is 0 Å². The van der Waals surface area contributed by atoms with Gasteiger partial charge in [0.1, 0.15) is 18.0 Å². The first-order valence-corrected chi connectivity index (χ1v) is 31.6. The van der Waals surface area contributed by atoms with Crippen LogP contribution in [0.25, 0.3) is 176 Å². The van der Waals surface area contributed by atoms with E-state index in [1.165, 1.54) is 32.3 Å². The molecule has 94 heavy (non-hydrogen) atoms. The van der Waals surface area contributed by atoms with E-state index in [9.17, 15) is 10.5 Å². The molecule has 0 amide bonds. The van der Waals surface area contributed by atoms with Crippen LogP contribution < -0.4 is 0 Å². The fourth-order valence-electron chi connectivity index (χ4n) is 15.7. The highest BCUT2D eigenvalue weighted by atomic mass is 15.2. The van der Waals surface area contributed by atoms with Gasteiger partial charge < -0.3 is 18.3 Å². The van der Waals surface area contributed by atoms with E-state index in [1.807, 2.05) is 12.1 Å². The smallest absolute Gasteiger partial charge is 0.165 e. The maximum Gasteiger partial charge on any atom is 0.165 e. The van der Waals surface area contributed by atoms with Gasteiger partial charge in [-0.1, -0.05) is 170 Å². The highest BCUT2D eigenvalue weighted by Gasteiger charge is 2.29. The zero-order chi connectivity index (χ0) is 61.9. The predicted octanol–water partition coefficient (Wildman–Crippen LogP) is 21.1. The number of hydrogen-bond acceptors (Lipinski definition) is 3. The average Bonchev–Trinajstić information content (AvgIpc) is 1.53. The number of hydrogen-bond donors (Lipinski definition) is 0. The first-order chi connectivity index (χ1) is 46.6. The minimum atomic E-state index is 0.285. The van der Waals surface area contributed by atoms with Crippen molar-refractivity contribution in [2.24, 2.45) is 0 Å². The Morgan fingerprint density at radius 1 is 0.234 bits per heavy atom. The summed E-state index contributed by atoms with van der Waals surface area (Å²) in [6.45, 7) is 0. The van der Waals surface area contributed by atoms with Crippen molar-refractivity contribution in [3.05, 3.63) is 308 Å². The summed E-state index contributed by atoms with van der Waals surface area (Å²) in [4.78, 5) is 6.20. The second-order valence-electron chi connectivity index (χ2n) is 24.5. The van der Waals surface area contributed by atoms with Crippen LogP contribution in [0.5, 0.6) is 0 Å². The average molecular weight is 1200 g/mol. The Balaban J connectivity index is 0.924. The lowest BCUT2D eigenvalue weighted by atomic mass is 9.98. The van der Waals surface area contributed by atoms with E-state index in [1.54, 1.807) is 6.07 Å². The molecule has 0 N–H and O–H groups in total. The van der Waals surface area contributed by atoms with Crippen molar-refractivity contribution in [3.63, 3.8) is 0 Å². The van der Waals surface area contributed by atoms with E-state index in [0.29, 0.717) is 17.2 Å². The van der Waals surface area contributed by atoms with Gasteiger partial charge in [-0.05, 0) is 133 Å². The van der Waals surface area contributed by atoms with Crippen molar-refractivity contribution in [3.8, 4) is 57.7 Å². The highest BCUT2D eigenvalue weighted by molar-refractivity contribution is 6.17. The van der Waals surface area contributed by atoms with Crippen molar-refractivity contribution in [1.29, 1.82) is 10.5 Å². The minimum Gasteiger partial charge on any atom is -0.309 e. The summed E-state index contributed by atoms with van der Waals surface area (Å²) in [6.07, 6.45) is 0. The van der Waals surface area contributed by atoms with Crippen LogP contribution in [-0.4, -0.2) is 32.4 Å². The largest absolute Gasteiger partial charge is 0.309 e. The number of fused-ring (bicyclic) bond motifs is 18. The van der Waals surface area contributed by atoms with E-state index in [4.69, 9.17) is 4.98 Å². The minimum absolute atomic E-state index is 0.285. The van der Waals surface area contributed by atoms with Crippen molar-refractivity contribution in [1.82, 2.24) is 32.4 Å². The quantitative estimate of drug-likeness (QED) is 0.159. The van der Waals surface area contributed by atoms with Gasteiger partial charge in [-0.25, -0.2) is 4.98 Å². The SMILES string of the molecule is N#Cc1ccc(-c2cc(-n3c4ccccc4c4cc(-n5c6ccccc6c6ccccc65)ccc43)nc(-n3c4ccccc4c4cc(-n5c6ccccc6c6ccccc65)ccc43)c2-n2c3ccccc3c3cc(-n4c5ccccc5c5ccccc54)ccc32)cc1C#N. The zero-order valence-electron chi connectivity index (χ0n) is 50.3. The van der Waals surface area contributed by atoms with Crippen molar-refractivity contribution in [2.75, 3.05) is 0 Å². The van der Waals surface area contributed by atoms with E-state index in [0.717, 1.165) is 132 Å². The first kappa shape index (κ1) is 51.7. The molecule has 7 aromatic heterocycles. The lowest BCUT2D eigenvalue weighted by Crippen LogP contribution is -2.11. The van der Waals surface area contributed by atoms with Crippen LogP contribution in [0.2, 0.25) is 0 Å². The molecule has 0 atom stereocenters. The Hall–Kier alpha value is -13.2. The van der Waals surface area contributed by atoms with Gasteiger partial charge in [-0.2, -0.15) is 10.5 Å². The molecule has 0 aliphatic heterocycles. The third kappa shape index (κ3) is 7.17. The van der Waals surface area contributed by atoms with Crippen LogP contribution in [0.15, 0.2) is 297 Å². The van der Waals surface area contributed by atoms with Gasteiger partial charge in [0.25, 0.3) is 0 Å². The van der Waals surface area contributed by atoms with Crippen LogP contribution >= 0.6 is 0 Å². The molecular weight excluding hydrogens is 1150 g/mol. The zero-order valence-corrected chi connectivity index (χ0v) is 50.3. The summed E-state index contributed by atoms with van der Waals surface area (Å²) in [5.74, 6) is 1.35. The van der Waals surface area contributed by atoms with Crippen LogP contribution in [-0.2, 0) is 0 Å². The molecule has 0 saturated heterocycles. The van der Waals surface area contributed by atoms with E-state index in [-0.39, 0.29) is 5.56 Å². The van der Waals surface area contributed by atoms with E-state index < -0.39 is 0 Å². The van der Waals surface area contributed by atoms with Crippen LogP contribution in [0, 0.1) is 22.7 Å². The van der Waals surface area contributed by atoms with Crippen molar-refractivity contribution >= 4 is 131 Å². The van der Waals surface area contributed by atoms with Crippen LogP contribution in [0.1, 0.15) is 11.1 Å². The summed E-state index contributed by atoms with van der Waals surface area (Å²) >= 11 is 0. The fraction of sp³-hybridized carbons (Fsp3) is 0. The number of para-hydroxylation sites is 9. The third-order valence-corrected chi connectivity index (χ3v) is 19.7. The lowest BCUT2D eigenvalue weighted by molar-refractivity contribution is 0.984. The van der Waals surface area contributed by atoms with Gasteiger partial charge in [0.15, 0.2) is 5.82 Å². The molecule has 13 aromatic carbocycles. The van der Waals surface area contributed by atoms with Gasteiger partial charge in [0.2, 0.25) is 0 Å². The van der Waals surface area contributed by atoms with E-state index in [2.05, 4.69) is 319 Å². The molecule has 7 heterocycles. The molecule has 20 rings (SSSR count). The molecule has 20 aromatic rings. The van der Waals surface area contributed by atoms with E-state index >= 15 is 0 Å². The van der Waals surface area contributed by atoms with Crippen LogP contribution in [0.3, 0.4) is 0 Å². The topological polar surface area (TPSA) is 90.0 Å². The van der Waals surface area contributed by atoms with Crippen LogP contribution in [0.4, 0.5) is 0 Å². The Kier molecular flexibility index (Phi) is 10.8. The molecule has 0 spiro atoms. The summed E-state index contributed by atoms with van der Waals surface area (Å²) in [5, 5.41) is 35.1. The Bertz CT molecular complexity index is 6620. The summed E-state index contributed by atoms with van der Waals surface area (Å²) in [5.41, 5.74) is 18.8. The second-order valence-corrected chi connectivity index (χ2v) is 24.5. The van der Waals surface area contributed by atoms with Gasteiger partial charge in [0, 0.05) is 87.3 Å². The number of benzene rings is 13. The second kappa shape index (κ2) is 19.6. The Morgan fingerprint density at radius 3 is 0.883 bits per heavy atom. The molecule has 0 fully saturated rings. The third-order valence-electron chi connectivity index (χ3n) is 19.7. The molecule has 0 unspecified atom stereocenters. The van der Waals surface area contributed by atoms with Crippen molar-refractivity contribution in [2.45, 2.75) is 0 Å². The maximum atomic E-state index is 11.0. The highest BCUT2D eigenvalue weighted by Crippen LogP contribution is 2.46. The molecule has 9 heteroatoms. The lowest BCUT2D eigenvalue weighted by Gasteiger charge is -2.22. The molecule has 434 valence electrons. The standard InChI is InChI=1S/C85H49N9/c86-50-53-38-37-52(45-54(53)51-87)67-49-83(92-77-34-16-7-25-64(77)68-46-55(39-42-80(68)92)89-71-28-10-1-19-58(71)59-20-2-11-29-72(59)89)88-85(94-79-36-18-9-27-66(79)70-48-57(41-44-82(70)94)91-75-32-14-5-23-62(75)63-24-6-15-33-76(63)91)84(67)93-78-35-17-8-26-65(78)69-47-56(40-43-81(69)93)90-73-30-12-3-21-60(73)61-22-4-13-31-74(61)90/h1-49H. The summed E-state index contributed by atoms with van der Waals surface area (Å²) in [7, 11) is 0. The summed E-state index contributed by atoms with van der Waals surface area (Å²) in [6, 6.07) is 111. The number of nitrogens with zero attached hydrogens (tertiary/aromatic N) is 9. The fourth-order valence-corrected chi connectivity index (χ4v) is 15.7. The molecule has 0 bridgehead atoms. The molecule has 0 radical (unpaired) electrons.